The molecular formula is C18H24N2OS. The molecule has 0 atom stereocenters. The Morgan fingerprint density at radius 2 is 1.68 bits per heavy atom. The average Bonchev–Trinajstić information content (AvgIpc) is 2.36. The fourth-order valence-corrected chi connectivity index (χ4v) is 4.29. The maximum atomic E-state index is 12.4. The number of nitrogens with zero attached hydrogens (tertiary/aromatic N) is 1. The van der Waals surface area contributed by atoms with Crippen molar-refractivity contribution in [1.82, 2.24) is 4.98 Å². The smallest absolute Gasteiger partial charge is 0.272 e. The second kappa shape index (κ2) is 6.61. The molecule has 0 bridgehead atoms. The van der Waals surface area contributed by atoms with Gasteiger partial charge in [-0.2, -0.15) is 0 Å². The third-order valence-corrected chi connectivity index (χ3v) is 4.79. The predicted molar refractivity (Wildman–Crippen MR) is 95.5 cm³/mol. The molecule has 0 amide bonds. The van der Waals surface area contributed by atoms with Crippen LogP contribution in [0.25, 0.3) is 0 Å². The molecule has 2 rings (SSSR count). The summed E-state index contributed by atoms with van der Waals surface area (Å²) in [5, 5.41) is 0. The van der Waals surface area contributed by atoms with E-state index in [9.17, 15) is 4.79 Å². The molecule has 1 aromatic carbocycles. The van der Waals surface area contributed by atoms with Crippen LogP contribution in [0, 0.1) is 20.8 Å². The highest BCUT2D eigenvalue weighted by Crippen LogP contribution is 2.37. The number of hydrogen-bond acceptors (Lipinski definition) is 3. The number of aromatic amines is 1. The van der Waals surface area contributed by atoms with Gasteiger partial charge in [0.2, 0.25) is 0 Å². The second-order valence-corrected chi connectivity index (χ2v) is 6.99. The minimum absolute atomic E-state index is 0.0217. The lowest BCUT2D eigenvalue weighted by molar-refractivity contribution is 0.944. The average molecular weight is 316 g/mol. The van der Waals surface area contributed by atoms with Crippen LogP contribution in [-0.4, -0.2) is 19.1 Å². The van der Waals surface area contributed by atoms with E-state index in [2.05, 4.69) is 44.0 Å². The summed E-state index contributed by atoms with van der Waals surface area (Å²) in [6.07, 6.45) is 0.899. The van der Waals surface area contributed by atoms with E-state index in [1.54, 1.807) is 11.8 Å². The molecule has 4 heteroatoms. The Morgan fingerprint density at radius 3 is 2.18 bits per heavy atom. The lowest BCUT2D eigenvalue weighted by Crippen LogP contribution is -2.23. The van der Waals surface area contributed by atoms with E-state index < -0.39 is 0 Å². The molecule has 22 heavy (non-hydrogen) atoms. The van der Waals surface area contributed by atoms with Gasteiger partial charge < -0.3 is 9.88 Å². The first-order valence-electron chi connectivity index (χ1n) is 7.52. The first-order valence-corrected chi connectivity index (χ1v) is 8.34. The Morgan fingerprint density at radius 1 is 1.09 bits per heavy atom. The highest BCUT2D eigenvalue weighted by molar-refractivity contribution is 7.99. The number of hydrogen-bond donors (Lipinski definition) is 1. The summed E-state index contributed by atoms with van der Waals surface area (Å²) in [7, 11) is 3.84. The van der Waals surface area contributed by atoms with Crippen molar-refractivity contribution in [2.45, 2.75) is 43.9 Å². The van der Waals surface area contributed by atoms with E-state index in [-0.39, 0.29) is 5.56 Å². The van der Waals surface area contributed by atoms with E-state index >= 15 is 0 Å². The van der Waals surface area contributed by atoms with Crippen molar-refractivity contribution in [2.24, 2.45) is 0 Å². The van der Waals surface area contributed by atoms with Crippen LogP contribution < -0.4 is 10.5 Å². The van der Waals surface area contributed by atoms with Crippen molar-refractivity contribution in [3.05, 3.63) is 50.9 Å². The number of aromatic nitrogens is 1. The van der Waals surface area contributed by atoms with Gasteiger partial charge in [-0.15, -0.1) is 0 Å². The van der Waals surface area contributed by atoms with E-state index in [0.29, 0.717) is 0 Å². The Hall–Kier alpha value is -1.68. The maximum Gasteiger partial charge on any atom is 0.272 e. The van der Waals surface area contributed by atoms with Crippen molar-refractivity contribution in [1.29, 1.82) is 0 Å². The zero-order valence-electron chi connectivity index (χ0n) is 14.2. The molecule has 1 aromatic heterocycles. The largest absolute Gasteiger partial charge is 0.372 e. The summed E-state index contributed by atoms with van der Waals surface area (Å²) in [6, 6.07) is 6.51. The van der Waals surface area contributed by atoms with Crippen molar-refractivity contribution < 1.29 is 0 Å². The molecule has 0 spiro atoms. The van der Waals surface area contributed by atoms with E-state index in [1.165, 1.54) is 21.6 Å². The number of benzene rings is 1. The summed E-state index contributed by atoms with van der Waals surface area (Å²) < 4.78 is 0. The van der Waals surface area contributed by atoms with Gasteiger partial charge in [-0.3, -0.25) is 4.79 Å². The van der Waals surface area contributed by atoms with Crippen LogP contribution >= 0.6 is 11.8 Å². The molecule has 3 nitrogen and oxygen atoms in total. The Balaban J connectivity index is 2.64. The minimum Gasteiger partial charge on any atom is -0.372 e. The summed E-state index contributed by atoms with van der Waals surface area (Å²) in [5.41, 5.74) is 5.39. The zero-order chi connectivity index (χ0) is 16.4. The van der Waals surface area contributed by atoms with Crippen LogP contribution in [0.1, 0.15) is 29.3 Å². The summed E-state index contributed by atoms with van der Waals surface area (Å²) >= 11 is 1.69. The van der Waals surface area contributed by atoms with Gasteiger partial charge in [0, 0.05) is 29.6 Å². The Bertz CT molecular complexity index is 727. The van der Waals surface area contributed by atoms with Gasteiger partial charge in [0.25, 0.3) is 5.56 Å². The van der Waals surface area contributed by atoms with Gasteiger partial charge in [-0.05, 0) is 56.0 Å². The van der Waals surface area contributed by atoms with Gasteiger partial charge in [-0.25, -0.2) is 0 Å². The van der Waals surface area contributed by atoms with E-state index in [4.69, 9.17) is 0 Å². The molecule has 118 valence electrons. The van der Waals surface area contributed by atoms with Crippen LogP contribution in [0.15, 0.2) is 32.8 Å². The van der Waals surface area contributed by atoms with Crippen LogP contribution in [0.4, 0.5) is 5.69 Å². The number of rotatable bonds is 4. The standard InChI is InChI=1S/C18H24N2OS/c1-7-15-13(4)19-18(21)16(20(5)6)17(15)22-14-9-11(2)8-12(3)10-14/h8-10H,7H2,1-6H3,(H,19,21). The second-order valence-electron chi connectivity index (χ2n) is 5.91. The lowest BCUT2D eigenvalue weighted by Gasteiger charge is -2.20. The third-order valence-electron chi connectivity index (χ3n) is 3.67. The molecule has 0 fully saturated rings. The Labute approximate surface area is 136 Å². The highest BCUT2D eigenvalue weighted by atomic mass is 32.2. The van der Waals surface area contributed by atoms with Crippen molar-refractivity contribution in [2.75, 3.05) is 19.0 Å². The maximum absolute atomic E-state index is 12.4. The van der Waals surface area contributed by atoms with Gasteiger partial charge in [0.1, 0.15) is 5.69 Å². The van der Waals surface area contributed by atoms with Gasteiger partial charge in [0.15, 0.2) is 0 Å². The van der Waals surface area contributed by atoms with Crippen LogP contribution in [0.5, 0.6) is 0 Å². The number of anilines is 1. The van der Waals surface area contributed by atoms with Crippen LogP contribution in [-0.2, 0) is 6.42 Å². The molecule has 0 aliphatic heterocycles. The van der Waals surface area contributed by atoms with Crippen molar-refractivity contribution in [3.8, 4) is 0 Å². The molecule has 1 heterocycles. The molecular weight excluding hydrogens is 292 g/mol. The molecule has 2 aromatic rings. The number of pyridine rings is 1. The quantitative estimate of drug-likeness (QED) is 0.923. The fourth-order valence-electron chi connectivity index (χ4n) is 2.77. The Kier molecular flexibility index (Phi) is 5.01. The number of aryl methyl sites for hydroxylation is 3. The lowest BCUT2D eigenvalue weighted by atomic mass is 10.1. The molecule has 0 saturated carbocycles. The van der Waals surface area contributed by atoms with Gasteiger partial charge in [0.05, 0.1) is 0 Å². The van der Waals surface area contributed by atoms with Crippen LogP contribution in [0.3, 0.4) is 0 Å². The normalized spacial score (nSPS) is 10.8. The minimum atomic E-state index is -0.0217. The molecule has 0 aliphatic rings. The summed E-state index contributed by atoms with van der Waals surface area (Å²) in [5.74, 6) is 0. The third kappa shape index (κ3) is 3.38. The summed E-state index contributed by atoms with van der Waals surface area (Å²) in [6.45, 7) is 8.32. The summed E-state index contributed by atoms with van der Waals surface area (Å²) in [4.78, 5) is 19.5. The van der Waals surface area contributed by atoms with E-state index in [1.807, 2.05) is 25.9 Å². The fraction of sp³-hybridized carbons (Fsp3) is 0.389. The molecule has 0 unspecified atom stereocenters. The topological polar surface area (TPSA) is 36.1 Å². The first-order chi connectivity index (χ1) is 10.3. The number of H-pyrrole nitrogens is 1. The SMILES string of the molecule is CCc1c(C)[nH]c(=O)c(N(C)C)c1Sc1cc(C)cc(C)c1. The molecule has 0 aliphatic carbocycles. The van der Waals surface area contributed by atoms with Gasteiger partial charge >= 0.3 is 0 Å². The number of nitrogens with one attached hydrogen (secondary N) is 1. The monoisotopic (exact) mass is 316 g/mol. The highest BCUT2D eigenvalue weighted by Gasteiger charge is 2.17. The molecule has 0 saturated heterocycles. The van der Waals surface area contributed by atoms with Crippen molar-refractivity contribution in [3.63, 3.8) is 0 Å². The first kappa shape index (κ1) is 16.7. The van der Waals surface area contributed by atoms with Crippen LogP contribution in [0.2, 0.25) is 0 Å². The van der Waals surface area contributed by atoms with E-state index in [0.717, 1.165) is 22.7 Å². The van der Waals surface area contributed by atoms with Crippen molar-refractivity contribution >= 4 is 17.4 Å². The molecule has 0 radical (unpaired) electrons. The van der Waals surface area contributed by atoms with Gasteiger partial charge in [-0.1, -0.05) is 24.8 Å². The zero-order valence-corrected chi connectivity index (χ0v) is 15.0. The molecule has 1 N–H and O–H groups in total. The predicted octanol–water partition coefficient (Wildman–Crippen LogP) is 4.08.